The molecule has 84 valence electrons. The molecule has 2 nitrogen and oxygen atoms in total. The van der Waals surface area contributed by atoms with Crippen molar-refractivity contribution in [3.05, 3.63) is 28.8 Å². The van der Waals surface area contributed by atoms with E-state index >= 15 is 0 Å². The zero-order valence-electron chi connectivity index (χ0n) is 10.3. The van der Waals surface area contributed by atoms with Crippen molar-refractivity contribution in [2.45, 2.75) is 32.6 Å². The standard InChI is InChI=1S/C14H17NO/c1-9-5-12(6-10(2)13(9)16-4)14(8-15)7-11(14)3/h5-6,11H,7H2,1-4H3. The summed E-state index contributed by atoms with van der Waals surface area (Å²) in [6.07, 6.45) is 0.981. The lowest BCUT2D eigenvalue weighted by atomic mass is 9.91. The summed E-state index contributed by atoms with van der Waals surface area (Å²) in [5.74, 6) is 1.41. The molecule has 2 atom stereocenters. The third-order valence-corrected chi connectivity index (χ3v) is 3.69. The number of hydrogen-bond donors (Lipinski definition) is 0. The summed E-state index contributed by atoms with van der Waals surface area (Å²) < 4.78 is 5.34. The molecule has 1 fully saturated rings. The molecule has 0 saturated heterocycles. The van der Waals surface area contributed by atoms with Crippen LogP contribution in [-0.4, -0.2) is 7.11 Å². The number of methoxy groups -OCH3 is 1. The van der Waals surface area contributed by atoms with Crippen molar-refractivity contribution < 1.29 is 4.74 Å². The Bertz CT molecular complexity index is 449. The van der Waals surface area contributed by atoms with Crippen LogP contribution in [-0.2, 0) is 5.41 Å². The molecule has 16 heavy (non-hydrogen) atoms. The molecule has 0 heterocycles. The number of benzene rings is 1. The lowest BCUT2D eigenvalue weighted by molar-refractivity contribution is 0.408. The molecular weight excluding hydrogens is 198 g/mol. The first kappa shape index (κ1) is 11.0. The molecule has 2 heteroatoms. The monoisotopic (exact) mass is 215 g/mol. The van der Waals surface area contributed by atoms with Gasteiger partial charge in [-0.1, -0.05) is 19.1 Å². The predicted molar refractivity (Wildman–Crippen MR) is 63.5 cm³/mol. The Morgan fingerprint density at radius 1 is 1.38 bits per heavy atom. The average Bonchev–Trinajstić information content (AvgIpc) is 2.90. The molecule has 0 spiro atoms. The highest BCUT2D eigenvalue weighted by Crippen LogP contribution is 2.54. The lowest BCUT2D eigenvalue weighted by Crippen LogP contribution is -2.07. The molecule has 1 aliphatic carbocycles. The summed E-state index contributed by atoms with van der Waals surface area (Å²) in [5, 5.41) is 9.31. The Labute approximate surface area is 96.9 Å². The smallest absolute Gasteiger partial charge is 0.124 e. The Hall–Kier alpha value is -1.49. The predicted octanol–water partition coefficient (Wildman–Crippen LogP) is 3.11. The minimum absolute atomic E-state index is 0.234. The fourth-order valence-corrected chi connectivity index (χ4v) is 2.58. The molecule has 0 N–H and O–H groups in total. The Morgan fingerprint density at radius 2 is 1.88 bits per heavy atom. The van der Waals surface area contributed by atoms with Gasteiger partial charge in [-0.05, 0) is 42.9 Å². The SMILES string of the molecule is COc1c(C)cc(C2(C#N)CC2C)cc1C. The van der Waals surface area contributed by atoms with E-state index in [4.69, 9.17) is 4.74 Å². The maximum Gasteiger partial charge on any atom is 0.124 e. The van der Waals surface area contributed by atoms with Gasteiger partial charge in [-0.15, -0.1) is 0 Å². The first-order valence-electron chi connectivity index (χ1n) is 5.62. The molecule has 0 aliphatic heterocycles. The van der Waals surface area contributed by atoms with Crippen LogP contribution in [0.3, 0.4) is 0 Å². The third-order valence-electron chi connectivity index (χ3n) is 3.69. The molecule has 1 aliphatic rings. The van der Waals surface area contributed by atoms with Crippen molar-refractivity contribution in [1.29, 1.82) is 5.26 Å². The first-order chi connectivity index (χ1) is 7.55. The minimum Gasteiger partial charge on any atom is -0.496 e. The third kappa shape index (κ3) is 1.39. The van der Waals surface area contributed by atoms with E-state index in [0.717, 1.165) is 28.9 Å². The quantitative estimate of drug-likeness (QED) is 0.759. The summed E-state index contributed by atoms with van der Waals surface area (Å²) in [6, 6.07) is 6.66. The fourth-order valence-electron chi connectivity index (χ4n) is 2.58. The van der Waals surface area contributed by atoms with Crippen LogP contribution in [0.4, 0.5) is 0 Å². The van der Waals surface area contributed by atoms with Crippen LogP contribution in [0.1, 0.15) is 30.0 Å². The van der Waals surface area contributed by atoms with Gasteiger partial charge in [0.1, 0.15) is 5.75 Å². The summed E-state index contributed by atoms with van der Waals surface area (Å²) in [4.78, 5) is 0. The fraction of sp³-hybridized carbons (Fsp3) is 0.500. The molecule has 1 saturated carbocycles. The molecule has 2 rings (SSSR count). The van der Waals surface area contributed by atoms with E-state index in [1.807, 2.05) is 13.8 Å². The van der Waals surface area contributed by atoms with Gasteiger partial charge in [0.25, 0.3) is 0 Å². The van der Waals surface area contributed by atoms with Crippen molar-refractivity contribution in [2.24, 2.45) is 5.92 Å². The summed E-state index contributed by atoms with van der Waals surface area (Å²) >= 11 is 0. The van der Waals surface area contributed by atoms with Crippen LogP contribution in [0.25, 0.3) is 0 Å². The zero-order chi connectivity index (χ0) is 11.9. The van der Waals surface area contributed by atoms with Crippen LogP contribution >= 0.6 is 0 Å². The summed E-state index contributed by atoms with van der Waals surface area (Å²) in [7, 11) is 1.69. The van der Waals surface area contributed by atoms with Gasteiger partial charge in [0.2, 0.25) is 0 Å². The van der Waals surface area contributed by atoms with Gasteiger partial charge in [-0.25, -0.2) is 0 Å². The van der Waals surface area contributed by atoms with E-state index < -0.39 is 0 Å². The van der Waals surface area contributed by atoms with Gasteiger partial charge in [0.15, 0.2) is 0 Å². The van der Waals surface area contributed by atoms with E-state index in [-0.39, 0.29) is 5.41 Å². The number of ether oxygens (including phenoxy) is 1. The zero-order valence-corrected chi connectivity index (χ0v) is 10.3. The highest BCUT2D eigenvalue weighted by Gasteiger charge is 2.53. The molecule has 0 aromatic heterocycles. The van der Waals surface area contributed by atoms with Crippen molar-refractivity contribution in [1.82, 2.24) is 0 Å². The van der Waals surface area contributed by atoms with Crippen LogP contribution in [0.2, 0.25) is 0 Å². The summed E-state index contributed by atoms with van der Waals surface area (Å²) in [5.41, 5.74) is 3.15. The van der Waals surface area contributed by atoms with E-state index in [0.29, 0.717) is 5.92 Å². The molecule has 2 unspecified atom stereocenters. The van der Waals surface area contributed by atoms with Gasteiger partial charge >= 0.3 is 0 Å². The van der Waals surface area contributed by atoms with Gasteiger partial charge < -0.3 is 4.74 Å². The normalized spacial score (nSPS) is 27.3. The van der Waals surface area contributed by atoms with Crippen LogP contribution in [0.15, 0.2) is 12.1 Å². The molecular formula is C14H17NO. The van der Waals surface area contributed by atoms with Gasteiger partial charge in [0.05, 0.1) is 18.6 Å². The van der Waals surface area contributed by atoms with E-state index in [2.05, 4.69) is 25.1 Å². The molecule has 1 aromatic carbocycles. The van der Waals surface area contributed by atoms with Crippen molar-refractivity contribution in [3.63, 3.8) is 0 Å². The second-order valence-corrected chi connectivity index (χ2v) is 4.83. The van der Waals surface area contributed by atoms with Crippen LogP contribution in [0, 0.1) is 31.1 Å². The van der Waals surface area contributed by atoms with Gasteiger partial charge in [-0.2, -0.15) is 5.26 Å². The summed E-state index contributed by atoms with van der Waals surface area (Å²) in [6.45, 7) is 6.21. The van der Waals surface area contributed by atoms with Gasteiger partial charge in [0, 0.05) is 0 Å². The second-order valence-electron chi connectivity index (χ2n) is 4.83. The Morgan fingerprint density at radius 3 is 2.19 bits per heavy atom. The molecule has 0 amide bonds. The number of nitriles is 1. The van der Waals surface area contributed by atoms with Crippen LogP contribution < -0.4 is 4.74 Å². The largest absolute Gasteiger partial charge is 0.496 e. The maximum absolute atomic E-state index is 9.31. The molecule has 1 aromatic rings. The highest BCUT2D eigenvalue weighted by atomic mass is 16.5. The van der Waals surface area contributed by atoms with Crippen LogP contribution in [0.5, 0.6) is 5.75 Å². The Kier molecular flexibility index (Phi) is 2.42. The molecule has 0 bridgehead atoms. The van der Waals surface area contributed by atoms with Crippen molar-refractivity contribution in [2.75, 3.05) is 7.11 Å². The highest BCUT2D eigenvalue weighted by molar-refractivity contribution is 5.50. The Balaban J connectivity index is 2.50. The maximum atomic E-state index is 9.31. The first-order valence-corrected chi connectivity index (χ1v) is 5.62. The topological polar surface area (TPSA) is 33.0 Å². The van der Waals surface area contributed by atoms with E-state index in [1.165, 1.54) is 0 Å². The minimum atomic E-state index is -0.234. The lowest BCUT2D eigenvalue weighted by Gasteiger charge is -2.14. The number of rotatable bonds is 2. The second kappa shape index (κ2) is 3.52. The molecule has 0 radical (unpaired) electrons. The van der Waals surface area contributed by atoms with E-state index in [9.17, 15) is 5.26 Å². The van der Waals surface area contributed by atoms with Crippen molar-refractivity contribution >= 4 is 0 Å². The number of hydrogen-bond acceptors (Lipinski definition) is 2. The average molecular weight is 215 g/mol. The van der Waals surface area contributed by atoms with Gasteiger partial charge in [-0.3, -0.25) is 0 Å². The number of nitrogens with zero attached hydrogens (tertiary/aromatic N) is 1. The van der Waals surface area contributed by atoms with E-state index in [1.54, 1.807) is 7.11 Å². The van der Waals surface area contributed by atoms with Crippen molar-refractivity contribution in [3.8, 4) is 11.8 Å². The number of aryl methyl sites for hydroxylation is 2.